The number of hydrogen-bond acceptors (Lipinski definition) is 3. The average molecular weight is 174 g/mol. The molecule has 2 heterocycles. The van der Waals surface area contributed by atoms with E-state index >= 15 is 0 Å². The summed E-state index contributed by atoms with van der Waals surface area (Å²) in [5.74, 6) is 0.645. The van der Waals surface area contributed by atoms with E-state index in [0.717, 1.165) is 16.6 Å². The van der Waals surface area contributed by atoms with Gasteiger partial charge in [0.1, 0.15) is 0 Å². The van der Waals surface area contributed by atoms with Gasteiger partial charge >= 0.3 is 0 Å². The minimum atomic E-state index is 0.645. The van der Waals surface area contributed by atoms with E-state index in [1.807, 2.05) is 25.1 Å². The van der Waals surface area contributed by atoms with Gasteiger partial charge in [0.2, 0.25) is 5.88 Å². The number of pyridine rings is 2. The predicted octanol–water partition coefficient (Wildman–Crippen LogP) is 1.95. The van der Waals surface area contributed by atoms with Crippen LogP contribution in [-0.4, -0.2) is 17.1 Å². The zero-order chi connectivity index (χ0) is 9.26. The lowest BCUT2D eigenvalue weighted by molar-refractivity contribution is 0.396. The standard InChI is InChI=1S/C10H10N2O/c1-7-6-8-4-3-5-11-9(8)12-10(7)13-2/h3-6H,1-2H3. The Balaban J connectivity index is 2.74. The molecule has 0 spiro atoms. The molecule has 2 aromatic heterocycles. The number of aryl methyl sites for hydroxylation is 1. The van der Waals surface area contributed by atoms with Crippen LogP contribution in [0, 0.1) is 6.92 Å². The first-order chi connectivity index (χ1) is 6.31. The maximum absolute atomic E-state index is 5.10. The third kappa shape index (κ3) is 1.33. The van der Waals surface area contributed by atoms with E-state index < -0.39 is 0 Å². The summed E-state index contributed by atoms with van der Waals surface area (Å²) in [6, 6.07) is 5.91. The Morgan fingerprint density at radius 3 is 3.00 bits per heavy atom. The smallest absolute Gasteiger partial charge is 0.218 e. The van der Waals surface area contributed by atoms with Crippen LogP contribution in [0.3, 0.4) is 0 Å². The molecule has 2 aromatic rings. The molecule has 0 fully saturated rings. The Labute approximate surface area is 76.4 Å². The van der Waals surface area contributed by atoms with Crippen LogP contribution in [0.4, 0.5) is 0 Å². The fraction of sp³-hybridized carbons (Fsp3) is 0.200. The van der Waals surface area contributed by atoms with Gasteiger partial charge in [0.25, 0.3) is 0 Å². The highest BCUT2D eigenvalue weighted by molar-refractivity contribution is 5.75. The van der Waals surface area contributed by atoms with Gasteiger partial charge in [-0.05, 0) is 25.1 Å². The summed E-state index contributed by atoms with van der Waals surface area (Å²) in [5, 5.41) is 1.04. The summed E-state index contributed by atoms with van der Waals surface area (Å²) in [5.41, 5.74) is 1.76. The van der Waals surface area contributed by atoms with Crippen LogP contribution in [0.5, 0.6) is 5.88 Å². The van der Waals surface area contributed by atoms with Crippen LogP contribution in [-0.2, 0) is 0 Å². The summed E-state index contributed by atoms with van der Waals surface area (Å²) in [6.07, 6.45) is 1.73. The molecule has 0 radical (unpaired) electrons. The molecule has 0 unspecified atom stereocenters. The normalized spacial score (nSPS) is 10.3. The summed E-state index contributed by atoms with van der Waals surface area (Å²) in [6.45, 7) is 1.97. The zero-order valence-electron chi connectivity index (χ0n) is 7.61. The van der Waals surface area contributed by atoms with Gasteiger partial charge in [0.15, 0.2) is 5.65 Å². The first-order valence-electron chi connectivity index (χ1n) is 4.07. The molecule has 3 heteroatoms. The number of fused-ring (bicyclic) bond motifs is 1. The second kappa shape index (κ2) is 3.01. The molecular weight excluding hydrogens is 164 g/mol. The lowest BCUT2D eigenvalue weighted by atomic mass is 10.2. The lowest BCUT2D eigenvalue weighted by Gasteiger charge is -2.03. The lowest BCUT2D eigenvalue weighted by Crippen LogP contribution is -1.92. The Morgan fingerprint density at radius 1 is 1.38 bits per heavy atom. The molecule has 0 amide bonds. The first-order valence-corrected chi connectivity index (χ1v) is 4.07. The SMILES string of the molecule is COc1nc2ncccc2cc1C. The van der Waals surface area contributed by atoms with Crippen LogP contribution in [0.2, 0.25) is 0 Å². The van der Waals surface area contributed by atoms with Crippen molar-refractivity contribution in [3.63, 3.8) is 0 Å². The van der Waals surface area contributed by atoms with Crippen molar-refractivity contribution in [2.24, 2.45) is 0 Å². The van der Waals surface area contributed by atoms with Gasteiger partial charge < -0.3 is 4.74 Å². The molecule has 13 heavy (non-hydrogen) atoms. The molecule has 0 saturated heterocycles. The molecule has 0 bridgehead atoms. The van der Waals surface area contributed by atoms with Gasteiger partial charge in [-0.2, -0.15) is 4.98 Å². The van der Waals surface area contributed by atoms with E-state index in [9.17, 15) is 0 Å². The summed E-state index contributed by atoms with van der Waals surface area (Å²) in [7, 11) is 1.62. The molecule has 0 saturated carbocycles. The number of rotatable bonds is 1. The van der Waals surface area contributed by atoms with Crippen molar-refractivity contribution in [2.75, 3.05) is 7.11 Å². The molecule has 0 aliphatic rings. The molecule has 0 aliphatic carbocycles. The van der Waals surface area contributed by atoms with Crippen molar-refractivity contribution in [3.05, 3.63) is 30.0 Å². The van der Waals surface area contributed by atoms with Crippen LogP contribution in [0.25, 0.3) is 11.0 Å². The molecule has 0 aromatic carbocycles. The van der Waals surface area contributed by atoms with Crippen LogP contribution < -0.4 is 4.74 Å². The topological polar surface area (TPSA) is 35.0 Å². The Kier molecular flexibility index (Phi) is 1.85. The van der Waals surface area contributed by atoms with Crippen molar-refractivity contribution >= 4 is 11.0 Å². The summed E-state index contributed by atoms with van der Waals surface area (Å²) in [4.78, 5) is 8.40. The highest BCUT2D eigenvalue weighted by Gasteiger charge is 2.02. The van der Waals surface area contributed by atoms with Crippen LogP contribution in [0.1, 0.15) is 5.56 Å². The van der Waals surface area contributed by atoms with Gasteiger partial charge in [-0.25, -0.2) is 4.98 Å². The van der Waals surface area contributed by atoms with Gasteiger partial charge in [0, 0.05) is 17.1 Å². The number of hydrogen-bond donors (Lipinski definition) is 0. The maximum atomic E-state index is 5.10. The van der Waals surface area contributed by atoms with Crippen molar-refractivity contribution in [1.82, 2.24) is 9.97 Å². The van der Waals surface area contributed by atoms with Gasteiger partial charge in [-0.3, -0.25) is 0 Å². The number of aromatic nitrogens is 2. The van der Waals surface area contributed by atoms with Crippen LogP contribution >= 0.6 is 0 Å². The molecule has 0 aliphatic heterocycles. The number of ether oxygens (including phenoxy) is 1. The van der Waals surface area contributed by atoms with E-state index in [4.69, 9.17) is 4.74 Å². The monoisotopic (exact) mass is 174 g/mol. The minimum Gasteiger partial charge on any atom is -0.481 e. The van der Waals surface area contributed by atoms with E-state index in [-0.39, 0.29) is 0 Å². The fourth-order valence-electron chi connectivity index (χ4n) is 1.30. The van der Waals surface area contributed by atoms with Gasteiger partial charge in [-0.15, -0.1) is 0 Å². The molecular formula is C10H10N2O. The third-order valence-corrected chi connectivity index (χ3v) is 1.93. The van der Waals surface area contributed by atoms with Gasteiger partial charge in [0.05, 0.1) is 7.11 Å². The predicted molar refractivity (Wildman–Crippen MR) is 50.8 cm³/mol. The second-order valence-corrected chi connectivity index (χ2v) is 2.86. The van der Waals surface area contributed by atoms with E-state index in [2.05, 4.69) is 9.97 Å². The first kappa shape index (κ1) is 7.98. The maximum Gasteiger partial charge on any atom is 0.218 e. The van der Waals surface area contributed by atoms with E-state index in [1.165, 1.54) is 0 Å². The van der Waals surface area contributed by atoms with Crippen molar-refractivity contribution < 1.29 is 4.74 Å². The highest BCUT2D eigenvalue weighted by Crippen LogP contribution is 2.18. The Hall–Kier alpha value is -1.64. The molecule has 0 atom stereocenters. The molecule has 2 rings (SSSR count). The molecule has 3 nitrogen and oxygen atoms in total. The van der Waals surface area contributed by atoms with Crippen molar-refractivity contribution in [1.29, 1.82) is 0 Å². The number of methoxy groups -OCH3 is 1. The Bertz CT molecular complexity index is 440. The van der Waals surface area contributed by atoms with Gasteiger partial charge in [-0.1, -0.05) is 0 Å². The molecule has 0 N–H and O–H groups in total. The van der Waals surface area contributed by atoms with E-state index in [1.54, 1.807) is 13.3 Å². The molecule has 66 valence electrons. The highest BCUT2D eigenvalue weighted by atomic mass is 16.5. The fourth-order valence-corrected chi connectivity index (χ4v) is 1.30. The quantitative estimate of drug-likeness (QED) is 0.662. The largest absolute Gasteiger partial charge is 0.481 e. The second-order valence-electron chi connectivity index (χ2n) is 2.86. The summed E-state index contributed by atoms with van der Waals surface area (Å²) >= 11 is 0. The minimum absolute atomic E-state index is 0.645. The van der Waals surface area contributed by atoms with Crippen molar-refractivity contribution in [2.45, 2.75) is 6.92 Å². The summed E-state index contributed by atoms with van der Waals surface area (Å²) < 4.78 is 5.10. The van der Waals surface area contributed by atoms with Crippen molar-refractivity contribution in [3.8, 4) is 5.88 Å². The van der Waals surface area contributed by atoms with E-state index in [0.29, 0.717) is 5.88 Å². The average Bonchev–Trinajstić information content (AvgIpc) is 2.17. The zero-order valence-corrected chi connectivity index (χ0v) is 7.61. The Morgan fingerprint density at radius 2 is 2.23 bits per heavy atom. The number of nitrogens with zero attached hydrogens (tertiary/aromatic N) is 2. The third-order valence-electron chi connectivity index (χ3n) is 1.93. The van der Waals surface area contributed by atoms with Crippen LogP contribution in [0.15, 0.2) is 24.4 Å².